The van der Waals surface area contributed by atoms with Gasteiger partial charge >= 0.3 is 0 Å². The molecule has 0 heterocycles. The van der Waals surface area contributed by atoms with Crippen LogP contribution in [0.1, 0.15) is 25.0 Å². The molecule has 0 radical (unpaired) electrons. The van der Waals surface area contributed by atoms with E-state index >= 15 is 4.39 Å². The van der Waals surface area contributed by atoms with Gasteiger partial charge in [0.1, 0.15) is 18.4 Å². The smallest absolute Gasteiger partial charge is 0.264 e. The molecule has 43 heavy (non-hydrogen) atoms. The highest BCUT2D eigenvalue weighted by Gasteiger charge is 2.35. The van der Waals surface area contributed by atoms with Crippen LogP contribution in [0.4, 0.5) is 10.1 Å². The van der Waals surface area contributed by atoms with Crippen LogP contribution in [0, 0.1) is 5.82 Å². The van der Waals surface area contributed by atoms with Crippen molar-refractivity contribution in [3.63, 3.8) is 0 Å². The zero-order valence-corrected chi connectivity index (χ0v) is 26.3. The lowest BCUT2D eigenvalue weighted by Gasteiger charge is -2.34. The maximum Gasteiger partial charge on any atom is 0.264 e. The summed E-state index contributed by atoms with van der Waals surface area (Å²) >= 11 is 3.46. The number of hydrogen-bond acceptors (Lipinski definition) is 4. The van der Waals surface area contributed by atoms with Gasteiger partial charge in [-0.25, -0.2) is 12.8 Å². The molecular weight excluding hydrogens is 633 g/mol. The molecule has 0 aromatic heterocycles. The summed E-state index contributed by atoms with van der Waals surface area (Å²) in [5.41, 5.74) is 1.27. The molecule has 0 aliphatic rings. The number of nitrogens with zero attached hydrogens (tertiary/aromatic N) is 2. The van der Waals surface area contributed by atoms with Crippen LogP contribution < -0.4 is 9.62 Å². The first kappa shape index (κ1) is 31.9. The molecule has 1 N–H and O–H groups in total. The second kappa shape index (κ2) is 14.4. The molecule has 0 unspecified atom stereocenters. The molecule has 4 aromatic rings. The lowest BCUT2D eigenvalue weighted by Crippen LogP contribution is -2.54. The maximum absolute atomic E-state index is 15.1. The van der Waals surface area contributed by atoms with Gasteiger partial charge in [-0.05, 0) is 61.4 Å². The fourth-order valence-electron chi connectivity index (χ4n) is 4.65. The summed E-state index contributed by atoms with van der Waals surface area (Å²) < 4.78 is 44.5. The first-order valence-corrected chi connectivity index (χ1v) is 16.0. The Morgan fingerprint density at radius 2 is 1.44 bits per heavy atom. The highest BCUT2D eigenvalue weighted by Crippen LogP contribution is 2.27. The standard InChI is InChI=1S/C33H33BrFN3O4S/c1-24(2)36-33(40)31(21-25-12-5-3-6-13-25)37(22-26-14-11-15-27(34)20-26)32(39)23-38(30-19-10-9-18-29(30)35)43(41,42)28-16-7-4-8-17-28/h3-20,24,31H,21-23H2,1-2H3,(H,36,40)/t31-/m1/s1. The van der Waals surface area contributed by atoms with E-state index in [2.05, 4.69) is 21.2 Å². The zero-order chi connectivity index (χ0) is 31.0. The minimum absolute atomic E-state index is 0.0117. The Morgan fingerprint density at radius 1 is 0.837 bits per heavy atom. The number of anilines is 1. The quantitative estimate of drug-likeness (QED) is 0.203. The summed E-state index contributed by atoms with van der Waals surface area (Å²) in [6, 6.07) is 28.3. The van der Waals surface area contributed by atoms with Crippen LogP contribution in [0.2, 0.25) is 0 Å². The van der Waals surface area contributed by atoms with Crippen molar-refractivity contribution in [2.24, 2.45) is 0 Å². The number of para-hydroxylation sites is 1. The average Bonchev–Trinajstić information content (AvgIpc) is 2.98. The first-order valence-electron chi connectivity index (χ1n) is 13.8. The third kappa shape index (κ3) is 8.30. The fraction of sp³-hybridized carbons (Fsp3) is 0.212. The molecule has 224 valence electrons. The van der Waals surface area contributed by atoms with E-state index in [1.54, 1.807) is 18.2 Å². The average molecular weight is 667 g/mol. The summed E-state index contributed by atoms with van der Waals surface area (Å²) in [7, 11) is -4.37. The van der Waals surface area contributed by atoms with Gasteiger partial charge in [-0.2, -0.15) is 0 Å². The van der Waals surface area contributed by atoms with Crippen molar-refractivity contribution in [2.75, 3.05) is 10.8 Å². The molecule has 0 spiro atoms. The molecule has 0 fully saturated rings. The fourth-order valence-corrected chi connectivity index (χ4v) is 6.54. The van der Waals surface area contributed by atoms with Crippen LogP contribution in [0.15, 0.2) is 119 Å². The molecule has 2 amide bonds. The third-order valence-corrected chi connectivity index (χ3v) is 8.94. The number of hydrogen-bond donors (Lipinski definition) is 1. The molecular formula is C33H33BrFN3O4S. The Labute approximate surface area is 260 Å². The van der Waals surface area contributed by atoms with Gasteiger partial charge in [0, 0.05) is 23.5 Å². The number of amides is 2. The van der Waals surface area contributed by atoms with E-state index in [1.807, 2.05) is 68.4 Å². The van der Waals surface area contributed by atoms with Gasteiger partial charge < -0.3 is 10.2 Å². The van der Waals surface area contributed by atoms with Crippen LogP contribution in [-0.4, -0.2) is 43.8 Å². The molecule has 0 saturated carbocycles. The predicted octanol–water partition coefficient (Wildman–Crippen LogP) is 5.95. The lowest BCUT2D eigenvalue weighted by atomic mass is 10.0. The van der Waals surface area contributed by atoms with E-state index in [9.17, 15) is 18.0 Å². The van der Waals surface area contributed by atoms with Gasteiger partial charge in [0.15, 0.2) is 0 Å². The Bertz CT molecular complexity index is 1650. The summed E-state index contributed by atoms with van der Waals surface area (Å²) in [4.78, 5) is 29.3. The summed E-state index contributed by atoms with van der Waals surface area (Å²) in [6.45, 7) is 2.93. The molecule has 4 aromatic carbocycles. The Morgan fingerprint density at radius 3 is 2.07 bits per heavy atom. The largest absolute Gasteiger partial charge is 0.352 e. The van der Waals surface area contributed by atoms with E-state index in [1.165, 1.54) is 35.2 Å². The molecule has 1 atom stereocenters. The zero-order valence-electron chi connectivity index (χ0n) is 23.9. The van der Waals surface area contributed by atoms with Crippen molar-refractivity contribution in [3.05, 3.63) is 131 Å². The number of carbonyl (C=O) groups excluding carboxylic acids is 2. The van der Waals surface area contributed by atoms with Crippen molar-refractivity contribution in [1.29, 1.82) is 0 Å². The van der Waals surface area contributed by atoms with Gasteiger partial charge in [0.2, 0.25) is 11.8 Å². The van der Waals surface area contributed by atoms with E-state index in [0.29, 0.717) is 0 Å². The molecule has 7 nitrogen and oxygen atoms in total. The molecule has 0 saturated heterocycles. The molecule has 0 aliphatic carbocycles. The number of nitrogens with one attached hydrogen (secondary N) is 1. The van der Waals surface area contributed by atoms with Crippen molar-refractivity contribution >= 4 is 43.5 Å². The minimum atomic E-state index is -4.37. The van der Waals surface area contributed by atoms with Crippen molar-refractivity contribution in [2.45, 2.75) is 43.8 Å². The van der Waals surface area contributed by atoms with Gasteiger partial charge in [-0.1, -0.05) is 88.7 Å². The van der Waals surface area contributed by atoms with Crippen molar-refractivity contribution in [1.82, 2.24) is 10.2 Å². The van der Waals surface area contributed by atoms with Crippen LogP contribution in [0.25, 0.3) is 0 Å². The molecule has 10 heteroatoms. The van der Waals surface area contributed by atoms with Gasteiger partial charge in [-0.3, -0.25) is 13.9 Å². The number of carbonyl (C=O) groups is 2. The normalized spacial score (nSPS) is 12.0. The second-order valence-electron chi connectivity index (χ2n) is 10.3. The van der Waals surface area contributed by atoms with E-state index in [-0.39, 0.29) is 35.5 Å². The van der Waals surface area contributed by atoms with Crippen LogP contribution >= 0.6 is 15.9 Å². The molecule has 0 aliphatic heterocycles. The number of rotatable bonds is 12. The lowest BCUT2D eigenvalue weighted by molar-refractivity contribution is -0.140. The van der Waals surface area contributed by atoms with Crippen LogP contribution in [0.5, 0.6) is 0 Å². The predicted molar refractivity (Wildman–Crippen MR) is 169 cm³/mol. The minimum Gasteiger partial charge on any atom is -0.352 e. The summed E-state index contributed by atoms with van der Waals surface area (Å²) in [5.74, 6) is -1.85. The maximum atomic E-state index is 15.1. The topological polar surface area (TPSA) is 86.8 Å². The van der Waals surface area contributed by atoms with Gasteiger partial charge in [0.05, 0.1) is 10.6 Å². The Hall–Kier alpha value is -4.02. The first-order chi connectivity index (χ1) is 20.6. The highest BCUT2D eigenvalue weighted by molar-refractivity contribution is 9.10. The van der Waals surface area contributed by atoms with Gasteiger partial charge in [0.25, 0.3) is 10.0 Å². The summed E-state index contributed by atoms with van der Waals surface area (Å²) in [6.07, 6.45) is 0.185. The third-order valence-electron chi connectivity index (χ3n) is 6.68. The Kier molecular flexibility index (Phi) is 10.7. The summed E-state index contributed by atoms with van der Waals surface area (Å²) in [5, 5.41) is 2.91. The van der Waals surface area contributed by atoms with E-state index in [0.717, 1.165) is 26.0 Å². The number of halogens is 2. The Balaban J connectivity index is 1.81. The molecule has 4 rings (SSSR count). The highest BCUT2D eigenvalue weighted by atomic mass is 79.9. The number of benzene rings is 4. The van der Waals surface area contributed by atoms with Crippen LogP contribution in [-0.2, 0) is 32.6 Å². The number of sulfonamides is 1. The second-order valence-corrected chi connectivity index (χ2v) is 13.1. The van der Waals surface area contributed by atoms with Gasteiger partial charge in [-0.15, -0.1) is 0 Å². The van der Waals surface area contributed by atoms with E-state index in [4.69, 9.17) is 0 Å². The monoisotopic (exact) mass is 665 g/mol. The molecule has 0 bridgehead atoms. The SMILES string of the molecule is CC(C)NC(=O)[C@@H](Cc1ccccc1)N(Cc1cccc(Br)c1)C(=O)CN(c1ccccc1F)S(=O)(=O)c1ccccc1. The van der Waals surface area contributed by atoms with Crippen molar-refractivity contribution < 1.29 is 22.4 Å². The van der Waals surface area contributed by atoms with Crippen molar-refractivity contribution in [3.8, 4) is 0 Å². The van der Waals surface area contributed by atoms with Crippen LogP contribution in [0.3, 0.4) is 0 Å². The van der Waals surface area contributed by atoms with E-state index < -0.39 is 34.3 Å².